The monoisotopic (exact) mass is 833 g/mol. The predicted octanol–water partition coefficient (Wildman–Crippen LogP) is 17.6. The largest absolute Gasteiger partial charge is 0.462 e. The first-order valence-electron chi connectivity index (χ1n) is 26.7. The fourth-order valence-corrected chi connectivity index (χ4v) is 8.26. The van der Waals surface area contributed by atoms with Gasteiger partial charge in [0.05, 0.1) is 6.61 Å². The summed E-state index contributed by atoms with van der Waals surface area (Å²) >= 11 is 0. The number of unbranched alkanes of at least 4 members (excludes halogenated alkanes) is 40. The van der Waals surface area contributed by atoms with Crippen molar-refractivity contribution < 1.29 is 24.2 Å². The second-order valence-electron chi connectivity index (χ2n) is 18.3. The molecule has 350 valence electrons. The Hall–Kier alpha value is -1.36. The topological polar surface area (TPSA) is 72.8 Å². The molecule has 0 aliphatic carbocycles. The van der Waals surface area contributed by atoms with E-state index in [0.29, 0.717) is 12.8 Å². The first kappa shape index (κ1) is 57.6. The lowest BCUT2D eigenvalue weighted by Crippen LogP contribution is -2.28. The van der Waals surface area contributed by atoms with Crippen molar-refractivity contribution in [1.29, 1.82) is 0 Å². The van der Waals surface area contributed by atoms with Crippen molar-refractivity contribution in [2.24, 2.45) is 0 Å². The Labute approximate surface area is 369 Å². The summed E-state index contributed by atoms with van der Waals surface area (Å²) in [4.78, 5) is 24.5. The van der Waals surface area contributed by atoms with Gasteiger partial charge >= 0.3 is 11.9 Å². The fourth-order valence-electron chi connectivity index (χ4n) is 8.26. The van der Waals surface area contributed by atoms with Crippen molar-refractivity contribution in [2.75, 3.05) is 13.2 Å². The Morgan fingerprint density at radius 3 is 0.915 bits per heavy atom. The van der Waals surface area contributed by atoms with Gasteiger partial charge in [0.2, 0.25) is 0 Å². The molecule has 0 fully saturated rings. The molecule has 0 radical (unpaired) electrons. The first-order chi connectivity index (χ1) is 29.1. The SMILES string of the molecule is CCCCCCCCCC/C=C\CCCCCCCCCCCC(=O)OC(CO)COC(=O)CCCCCCCCCCCCCCCCCCCCCCCCCC. The van der Waals surface area contributed by atoms with Crippen LogP contribution in [0.15, 0.2) is 12.2 Å². The van der Waals surface area contributed by atoms with E-state index in [4.69, 9.17) is 9.47 Å². The second-order valence-corrected chi connectivity index (χ2v) is 18.3. The molecule has 0 saturated heterocycles. The molecule has 1 N–H and O–H groups in total. The van der Waals surface area contributed by atoms with Gasteiger partial charge in [-0.2, -0.15) is 0 Å². The third-order valence-electron chi connectivity index (χ3n) is 12.3. The number of carbonyl (C=O) groups excluding carboxylic acids is 2. The molecule has 5 nitrogen and oxygen atoms in total. The number of ether oxygens (including phenoxy) is 2. The molecular weight excluding hydrogens is 729 g/mol. The predicted molar refractivity (Wildman–Crippen MR) is 256 cm³/mol. The molecule has 0 aliphatic rings. The Bertz CT molecular complexity index is 856. The molecular formula is C54H104O5. The van der Waals surface area contributed by atoms with E-state index in [1.807, 2.05) is 0 Å². The molecule has 0 aromatic heterocycles. The van der Waals surface area contributed by atoms with Crippen LogP contribution in [0, 0.1) is 0 Å². The molecule has 0 spiro atoms. The highest BCUT2D eigenvalue weighted by Crippen LogP contribution is 2.17. The zero-order valence-corrected chi connectivity index (χ0v) is 40.0. The Balaban J connectivity index is 3.43. The number of aliphatic hydroxyl groups excluding tert-OH is 1. The van der Waals surface area contributed by atoms with Crippen molar-refractivity contribution in [3.05, 3.63) is 12.2 Å². The zero-order valence-electron chi connectivity index (χ0n) is 40.0. The summed E-state index contributed by atoms with van der Waals surface area (Å²) in [6.07, 6.45) is 61.7. The standard InChI is InChI=1S/C54H104O5/c1-3-5-7-9-11-13-15-17-19-21-23-25-26-27-29-30-32-34-36-38-40-42-44-46-48-53(56)58-51-52(50-55)59-54(57)49-47-45-43-41-39-37-35-33-31-28-24-22-20-18-16-14-12-10-8-6-4-2/h22,24,52,55H,3-21,23,25-51H2,1-2H3/b24-22-. The van der Waals surface area contributed by atoms with Crippen molar-refractivity contribution in [3.63, 3.8) is 0 Å². The molecule has 0 saturated carbocycles. The van der Waals surface area contributed by atoms with Crippen molar-refractivity contribution in [3.8, 4) is 0 Å². The maximum Gasteiger partial charge on any atom is 0.306 e. The lowest BCUT2D eigenvalue weighted by molar-refractivity contribution is -0.161. The van der Waals surface area contributed by atoms with E-state index in [2.05, 4.69) is 26.0 Å². The lowest BCUT2D eigenvalue weighted by Gasteiger charge is -2.15. The summed E-state index contributed by atoms with van der Waals surface area (Å²) in [7, 11) is 0. The van der Waals surface area contributed by atoms with Crippen LogP contribution in [0.3, 0.4) is 0 Å². The minimum atomic E-state index is -0.768. The first-order valence-corrected chi connectivity index (χ1v) is 26.7. The van der Waals surface area contributed by atoms with Crippen LogP contribution in [0.4, 0.5) is 0 Å². The molecule has 0 aromatic carbocycles. The highest BCUT2D eigenvalue weighted by molar-refractivity contribution is 5.70. The third kappa shape index (κ3) is 49.2. The molecule has 0 aliphatic heterocycles. The molecule has 0 aromatic rings. The Kier molecular flexibility index (Phi) is 49.8. The van der Waals surface area contributed by atoms with Crippen LogP contribution in [-0.2, 0) is 19.1 Å². The van der Waals surface area contributed by atoms with Gasteiger partial charge in [0.25, 0.3) is 0 Å². The highest BCUT2D eigenvalue weighted by atomic mass is 16.6. The van der Waals surface area contributed by atoms with Gasteiger partial charge in [-0.3, -0.25) is 9.59 Å². The molecule has 59 heavy (non-hydrogen) atoms. The van der Waals surface area contributed by atoms with E-state index < -0.39 is 6.10 Å². The Morgan fingerprint density at radius 1 is 0.373 bits per heavy atom. The summed E-state index contributed by atoms with van der Waals surface area (Å²) in [5, 5.41) is 9.63. The minimum absolute atomic E-state index is 0.0595. The van der Waals surface area contributed by atoms with E-state index in [1.54, 1.807) is 0 Å². The van der Waals surface area contributed by atoms with Crippen LogP contribution in [0.2, 0.25) is 0 Å². The van der Waals surface area contributed by atoms with Gasteiger partial charge in [0.1, 0.15) is 6.61 Å². The van der Waals surface area contributed by atoms with Crippen LogP contribution < -0.4 is 0 Å². The maximum absolute atomic E-state index is 12.3. The van der Waals surface area contributed by atoms with Gasteiger partial charge < -0.3 is 14.6 Å². The number of hydrogen-bond acceptors (Lipinski definition) is 5. The normalized spacial score (nSPS) is 12.1. The third-order valence-corrected chi connectivity index (χ3v) is 12.3. The minimum Gasteiger partial charge on any atom is -0.462 e. The number of esters is 2. The molecule has 0 bridgehead atoms. The van der Waals surface area contributed by atoms with Gasteiger partial charge in [0, 0.05) is 12.8 Å². The van der Waals surface area contributed by atoms with Crippen LogP contribution in [-0.4, -0.2) is 36.4 Å². The average Bonchev–Trinajstić information content (AvgIpc) is 3.24. The summed E-state index contributed by atoms with van der Waals surface area (Å²) in [5.74, 6) is -0.573. The summed E-state index contributed by atoms with van der Waals surface area (Å²) < 4.78 is 10.7. The molecule has 1 atom stereocenters. The van der Waals surface area contributed by atoms with Crippen LogP contribution in [0.25, 0.3) is 0 Å². The number of aliphatic hydroxyl groups is 1. The van der Waals surface area contributed by atoms with E-state index >= 15 is 0 Å². The molecule has 1 unspecified atom stereocenters. The smallest absolute Gasteiger partial charge is 0.306 e. The average molecular weight is 833 g/mol. The van der Waals surface area contributed by atoms with Crippen molar-refractivity contribution >= 4 is 11.9 Å². The Morgan fingerprint density at radius 2 is 0.627 bits per heavy atom. The van der Waals surface area contributed by atoms with E-state index in [1.165, 1.54) is 244 Å². The van der Waals surface area contributed by atoms with Crippen molar-refractivity contribution in [1.82, 2.24) is 0 Å². The fraction of sp³-hybridized carbons (Fsp3) is 0.926. The summed E-state index contributed by atoms with van der Waals surface area (Å²) in [6, 6.07) is 0. The van der Waals surface area contributed by atoms with Gasteiger partial charge in [0.15, 0.2) is 6.10 Å². The highest BCUT2D eigenvalue weighted by Gasteiger charge is 2.16. The van der Waals surface area contributed by atoms with Crippen LogP contribution >= 0.6 is 0 Å². The van der Waals surface area contributed by atoms with Gasteiger partial charge in [-0.25, -0.2) is 0 Å². The van der Waals surface area contributed by atoms with Gasteiger partial charge in [-0.05, 0) is 38.5 Å². The van der Waals surface area contributed by atoms with Gasteiger partial charge in [-0.1, -0.05) is 264 Å². The van der Waals surface area contributed by atoms with E-state index in [0.717, 1.165) is 32.1 Å². The molecule has 5 heteroatoms. The van der Waals surface area contributed by atoms with Crippen LogP contribution in [0.5, 0.6) is 0 Å². The quantitative estimate of drug-likeness (QED) is 0.0375. The number of carbonyl (C=O) groups is 2. The molecule has 0 heterocycles. The van der Waals surface area contributed by atoms with Crippen LogP contribution in [0.1, 0.15) is 303 Å². The summed E-state index contributed by atoms with van der Waals surface area (Å²) in [5.41, 5.74) is 0. The number of rotatable bonds is 50. The summed E-state index contributed by atoms with van der Waals surface area (Å²) in [6.45, 7) is 4.19. The number of hydrogen-bond donors (Lipinski definition) is 1. The molecule has 0 amide bonds. The maximum atomic E-state index is 12.3. The van der Waals surface area contributed by atoms with E-state index in [-0.39, 0.29) is 25.2 Å². The zero-order chi connectivity index (χ0) is 42.8. The van der Waals surface area contributed by atoms with Gasteiger partial charge in [-0.15, -0.1) is 0 Å². The van der Waals surface area contributed by atoms with E-state index in [9.17, 15) is 14.7 Å². The molecule has 0 rings (SSSR count). The second kappa shape index (κ2) is 51.0. The van der Waals surface area contributed by atoms with Crippen molar-refractivity contribution in [2.45, 2.75) is 309 Å². The lowest BCUT2D eigenvalue weighted by atomic mass is 10.0. The number of allylic oxidation sites excluding steroid dienone is 2.